The van der Waals surface area contributed by atoms with Crippen LogP contribution in [0.4, 0.5) is 0 Å². The monoisotopic (exact) mass is 708 g/mol. The van der Waals surface area contributed by atoms with Gasteiger partial charge in [0.2, 0.25) is 0 Å². The number of hydrogen-bond donors (Lipinski definition) is 0. The molecular formula is C35H38Cl2Hf. The number of fused-ring (bicyclic) bond motifs is 6. The molecule has 1 heterocycles. The first-order valence-corrected chi connectivity index (χ1v) is 23.2. The van der Waals surface area contributed by atoms with Gasteiger partial charge in [-0.3, -0.25) is 0 Å². The Hall–Kier alpha value is -1.67. The predicted octanol–water partition coefficient (Wildman–Crippen LogP) is 11.1. The predicted molar refractivity (Wildman–Crippen MR) is 168 cm³/mol. The molecule has 0 bridgehead atoms. The van der Waals surface area contributed by atoms with Crippen LogP contribution in [0.3, 0.4) is 0 Å². The molecule has 2 atom stereocenters. The standard InChI is InChI=1S/2C16H15.C3H6.2ClH.Hf/c2*1-11(2)14-9-13-8-7-12-5-3-4-6-15(12)16(13)10-14;1-3-2;;;/h2*3-11H,1-2H3;1-3H2;2*1H;. The Kier molecular flexibility index (Phi) is 7.62. The van der Waals surface area contributed by atoms with Crippen LogP contribution in [0.2, 0.25) is 8.35 Å². The molecule has 0 saturated carbocycles. The van der Waals surface area contributed by atoms with Gasteiger partial charge in [-0.15, -0.1) is 24.8 Å². The maximum atomic E-state index is 2.64. The second-order valence-corrected chi connectivity index (χ2v) is 28.7. The fourth-order valence-electron chi connectivity index (χ4n) is 7.92. The van der Waals surface area contributed by atoms with Gasteiger partial charge in [-0.2, -0.15) is 0 Å². The molecular weight excluding hydrogens is 670 g/mol. The Balaban J connectivity index is 0.00000147. The molecule has 4 aromatic carbocycles. The minimum absolute atomic E-state index is 0. The quantitative estimate of drug-likeness (QED) is 0.185. The van der Waals surface area contributed by atoms with Crippen molar-refractivity contribution in [1.82, 2.24) is 0 Å². The van der Waals surface area contributed by atoms with E-state index in [0.29, 0.717) is 11.8 Å². The zero-order valence-electron chi connectivity index (χ0n) is 22.8. The smallest absolute Gasteiger partial charge is 0.147 e. The van der Waals surface area contributed by atoms with Crippen molar-refractivity contribution in [2.45, 2.75) is 49.8 Å². The second kappa shape index (κ2) is 10.4. The Morgan fingerprint density at radius 2 is 1.00 bits per heavy atom. The van der Waals surface area contributed by atoms with Gasteiger partial charge >= 0.3 is 222 Å². The van der Waals surface area contributed by atoms with E-state index in [1.54, 1.807) is 33.4 Å². The van der Waals surface area contributed by atoms with Crippen molar-refractivity contribution in [2.24, 2.45) is 11.8 Å². The zero-order valence-corrected chi connectivity index (χ0v) is 28.1. The van der Waals surface area contributed by atoms with Crippen LogP contribution in [0.5, 0.6) is 0 Å². The van der Waals surface area contributed by atoms with E-state index in [0.717, 1.165) is 7.35 Å². The van der Waals surface area contributed by atoms with E-state index in [1.165, 1.54) is 36.3 Å². The summed E-state index contributed by atoms with van der Waals surface area (Å²) in [5, 5.41) is 5.68. The number of hydrogen-bond acceptors (Lipinski definition) is 0. The third-order valence-corrected chi connectivity index (χ3v) is 31.8. The molecule has 0 N–H and O–H groups in total. The van der Waals surface area contributed by atoms with Crippen LogP contribution in [-0.4, -0.2) is 0 Å². The molecule has 0 spiro atoms. The van der Waals surface area contributed by atoms with E-state index in [4.69, 9.17) is 0 Å². The first-order chi connectivity index (χ1) is 17.5. The van der Waals surface area contributed by atoms with Crippen molar-refractivity contribution < 1.29 is 20.0 Å². The molecule has 3 aliphatic rings. The first kappa shape index (κ1) is 27.9. The molecule has 0 aromatic heterocycles. The Morgan fingerprint density at radius 1 is 0.579 bits per heavy atom. The molecule has 1 fully saturated rings. The maximum Gasteiger partial charge on any atom is -0.147 e. The van der Waals surface area contributed by atoms with Crippen LogP contribution in [-0.2, 0) is 20.0 Å². The first-order valence-electron chi connectivity index (χ1n) is 14.0. The topological polar surface area (TPSA) is 0 Å². The van der Waals surface area contributed by atoms with Crippen LogP contribution >= 0.6 is 24.8 Å². The molecule has 38 heavy (non-hydrogen) atoms. The Morgan fingerprint density at radius 3 is 1.37 bits per heavy atom. The third kappa shape index (κ3) is 3.94. The van der Waals surface area contributed by atoms with E-state index in [2.05, 4.69) is 113 Å². The van der Waals surface area contributed by atoms with E-state index in [-0.39, 0.29) is 24.8 Å². The summed E-state index contributed by atoms with van der Waals surface area (Å²) in [5.41, 5.74) is 9.94. The molecule has 2 unspecified atom stereocenters. The minimum atomic E-state index is -2.94. The average Bonchev–Trinajstić information content (AvgIpc) is 3.45. The van der Waals surface area contributed by atoms with Crippen LogP contribution in [0, 0.1) is 11.8 Å². The SMILES string of the molecule is CC(C)C1=Cc2c(ccc3ccccc23)[CH]1[Hf]1([CH]2C(C(C)C)=Cc3c2ccc2ccccc32)[CH2]C[CH2]1.Cl.Cl. The molecule has 1 aliphatic heterocycles. The molecule has 3 heteroatoms. The molecule has 0 nitrogen and oxygen atoms in total. The summed E-state index contributed by atoms with van der Waals surface area (Å²) in [5.74, 6) is 1.20. The van der Waals surface area contributed by atoms with Gasteiger partial charge in [-0.1, -0.05) is 0 Å². The van der Waals surface area contributed by atoms with Crippen molar-refractivity contribution in [1.29, 1.82) is 0 Å². The molecule has 0 radical (unpaired) electrons. The summed E-state index contributed by atoms with van der Waals surface area (Å²) < 4.78 is 4.51. The largest absolute Gasteiger partial charge is 0.147 e. The van der Waals surface area contributed by atoms with E-state index >= 15 is 0 Å². The number of allylic oxidation sites excluding steroid dienone is 2. The summed E-state index contributed by atoms with van der Waals surface area (Å²) in [7, 11) is 0. The summed E-state index contributed by atoms with van der Waals surface area (Å²) in [6.07, 6.45) is 6.72. The van der Waals surface area contributed by atoms with Gasteiger partial charge in [0.1, 0.15) is 0 Å². The van der Waals surface area contributed by atoms with Crippen LogP contribution in [0.1, 0.15) is 63.7 Å². The van der Waals surface area contributed by atoms with Gasteiger partial charge in [0.05, 0.1) is 0 Å². The summed E-state index contributed by atoms with van der Waals surface area (Å²) in [6, 6.07) is 28.0. The van der Waals surface area contributed by atoms with Gasteiger partial charge in [0.15, 0.2) is 0 Å². The van der Waals surface area contributed by atoms with Crippen LogP contribution in [0.15, 0.2) is 83.9 Å². The molecule has 0 amide bonds. The van der Waals surface area contributed by atoms with E-state index in [9.17, 15) is 0 Å². The average molecular weight is 708 g/mol. The number of rotatable bonds is 4. The molecule has 7 rings (SSSR count). The van der Waals surface area contributed by atoms with Gasteiger partial charge in [-0.25, -0.2) is 0 Å². The third-order valence-electron chi connectivity index (χ3n) is 9.69. The van der Waals surface area contributed by atoms with Crippen LogP contribution in [0.25, 0.3) is 33.7 Å². The van der Waals surface area contributed by atoms with Crippen molar-refractivity contribution >= 4 is 58.5 Å². The van der Waals surface area contributed by atoms with Crippen LogP contribution < -0.4 is 0 Å². The number of benzene rings is 4. The van der Waals surface area contributed by atoms with Gasteiger partial charge in [0.25, 0.3) is 0 Å². The van der Waals surface area contributed by atoms with Gasteiger partial charge < -0.3 is 0 Å². The van der Waals surface area contributed by atoms with Gasteiger partial charge in [0, 0.05) is 0 Å². The maximum absolute atomic E-state index is 2.94. The molecule has 1 saturated heterocycles. The van der Waals surface area contributed by atoms with Crippen molar-refractivity contribution in [3.05, 3.63) is 106 Å². The van der Waals surface area contributed by atoms with Gasteiger partial charge in [-0.05, 0) is 0 Å². The second-order valence-electron chi connectivity index (χ2n) is 12.1. The van der Waals surface area contributed by atoms with Crippen molar-refractivity contribution in [3.63, 3.8) is 0 Å². The fraction of sp³-hybridized carbons (Fsp3) is 0.314. The minimum Gasteiger partial charge on any atom is -0.147 e. The fourth-order valence-corrected chi connectivity index (χ4v) is 31.5. The normalized spacial score (nSPS) is 20.9. The Labute approximate surface area is 244 Å². The molecule has 4 aromatic rings. The molecule has 196 valence electrons. The zero-order chi connectivity index (χ0) is 24.6. The van der Waals surface area contributed by atoms with E-state index < -0.39 is 20.0 Å². The summed E-state index contributed by atoms with van der Waals surface area (Å²) in [4.78, 5) is 0. The molecule has 2 aliphatic carbocycles. The van der Waals surface area contributed by atoms with E-state index in [1.807, 2.05) is 0 Å². The number of halogens is 2. The van der Waals surface area contributed by atoms with Crippen molar-refractivity contribution in [3.8, 4) is 0 Å². The summed E-state index contributed by atoms with van der Waals surface area (Å²) >= 11 is -2.94. The summed E-state index contributed by atoms with van der Waals surface area (Å²) in [6.45, 7) is 9.79. The Bertz CT molecular complexity index is 1470. The van der Waals surface area contributed by atoms with Crippen molar-refractivity contribution in [2.75, 3.05) is 0 Å².